The van der Waals surface area contributed by atoms with E-state index in [0.717, 1.165) is 12.0 Å². The summed E-state index contributed by atoms with van der Waals surface area (Å²) in [6, 6.07) is 11.0. The Morgan fingerprint density at radius 1 is 1.21 bits per heavy atom. The third-order valence-electron chi connectivity index (χ3n) is 4.59. The van der Waals surface area contributed by atoms with Crippen molar-refractivity contribution in [1.29, 1.82) is 0 Å². The van der Waals surface area contributed by atoms with Crippen molar-refractivity contribution < 1.29 is 24.0 Å². The number of amides is 1. The summed E-state index contributed by atoms with van der Waals surface area (Å²) in [5, 5.41) is 11.1. The largest absolute Gasteiger partial charge is 0.478 e. The molecule has 0 spiro atoms. The average molecular weight is 398 g/mol. The molecule has 29 heavy (non-hydrogen) atoms. The predicted molar refractivity (Wildman–Crippen MR) is 106 cm³/mol. The maximum Gasteiger partial charge on any atom is 0.338 e. The molecule has 1 atom stereocenters. The van der Waals surface area contributed by atoms with E-state index < -0.39 is 17.0 Å². The van der Waals surface area contributed by atoms with E-state index in [2.05, 4.69) is 0 Å². The van der Waals surface area contributed by atoms with Crippen LogP contribution >= 0.6 is 0 Å². The van der Waals surface area contributed by atoms with Gasteiger partial charge in [-0.15, -0.1) is 0 Å². The minimum Gasteiger partial charge on any atom is -0.478 e. The molecule has 2 aromatic rings. The van der Waals surface area contributed by atoms with Crippen LogP contribution in [0.2, 0.25) is 0 Å². The molecule has 1 heterocycles. The molecular formula is C21H22N2O6. The van der Waals surface area contributed by atoms with E-state index in [1.54, 1.807) is 24.3 Å². The summed E-state index contributed by atoms with van der Waals surface area (Å²) in [6.07, 6.45) is 0.577. The lowest BCUT2D eigenvalue weighted by atomic mass is 10.1. The van der Waals surface area contributed by atoms with E-state index in [9.17, 15) is 19.7 Å². The summed E-state index contributed by atoms with van der Waals surface area (Å²) in [5.74, 6) is -0.221. The van der Waals surface area contributed by atoms with Gasteiger partial charge in [-0.05, 0) is 36.6 Å². The summed E-state index contributed by atoms with van der Waals surface area (Å²) in [5.41, 5.74) is 1.45. The number of ether oxygens (including phenoxy) is 2. The van der Waals surface area contributed by atoms with Crippen molar-refractivity contribution >= 4 is 23.3 Å². The van der Waals surface area contributed by atoms with Gasteiger partial charge in [-0.2, -0.15) is 0 Å². The van der Waals surface area contributed by atoms with Crippen LogP contribution in [0.5, 0.6) is 5.75 Å². The number of anilines is 1. The Morgan fingerprint density at radius 2 is 1.93 bits per heavy atom. The molecule has 0 fully saturated rings. The topological polar surface area (TPSA) is 99.0 Å². The van der Waals surface area contributed by atoms with Crippen LogP contribution in [0.4, 0.5) is 11.4 Å². The SMILES string of the molecule is CCCOC(=O)c1ccc(CN2C(=O)C(CC)Oc3ccc([N+](=O)[O-])cc32)cc1. The molecule has 0 aliphatic carbocycles. The summed E-state index contributed by atoms with van der Waals surface area (Å²) in [4.78, 5) is 36.9. The van der Waals surface area contributed by atoms with E-state index in [1.807, 2.05) is 13.8 Å². The molecule has 0 radical (unpaired) electrons. The van der Waals surface area contributed by atoms with Gasteiger partial charge in [0.15, 0.2) is 6.10 Å². The van der Waals surface area contributed by atoms with E-state index in [0.29, 0.717) is 30.0 Å². The van der Waals surface area contributed by atoms with Gasteiger partial charge in [-0.25, -0.2) is 4.79 Å². The fourth-order valence-electron chi connectivity index (χ4n) is 3.05. The smallest absolute Gasteiger partial charge is 0.338 e. The van der Waals surface area contributed by atoms with Crippen molar-refractivity contribution in [2.75, 3.05) is 11.5 Å². The first-order chi connectivity index (χ1) is 13.9. The predicted octanol–water partition coefficient (Wildman–Crippen LogP) is 3.87. The quantitative estimate of drug-likeness (QED) is 0.399. The van der Waals surface area contributed by atoms with Crippen LogP contribution in [-0.2, 0) is 16.1 Å². The molecule has 0 saturated carbocycles. The second kappa shape index (κ2) is 8.72. The molecule has 152 valence electrons. The van der Waals surface area contributed by atoms with Crippen LogP contribution in [0.1, 0.15) is 42.6 Å². The molecule has 0 saturated heterocycles. The first-order valence-corrected chi connectivity index (χ1v) is 9.47. The van der Waals surface area contributed by atoms with Crippen LogP contribution in [0.3, 0.4) is 0 Å². The summed E-state index contributed by atoms with van der Waals surface area (Å²) in [7, 11) is 0. The number of nitro benzene ring substituents is 1. The fourth-order valence-corrected chi connectivity index (χ4v) is 3.05. The van der Waals surface area contributed by atoms with Crippen LogP contribution in [0.15, 0.2) is 42.5 Å². The van der Waals surface area contributed by atoms with E-state index in [-0.39, 0.29) is 18.1 Å². The average Bonchev–Trinajstić information content (AvgIpc) is 2.73. The summed E-state index contributed by atoms with van der Waals surface area (Å²) in [6.45, 7) is 4.32. The number of non-ortho nitro benzene ring substituents is 1. The standard InChI is InChI=1S/C21H22N2O6/c1-3-11-28-21(25)15-7-5-14(6-8-15)13-22-17-12-16(23(26)27)9-10-19(17)29-18(4-2)20(22)24/h5-10,12,18H,3-4,11,13H2,1-2H3. The Bertz CT molecular complexity index is 925. The number of benzene rings is 2. The Balaban J connectivity index is 1.87. The van der Waals surface area contributed by atoms with Crippen LogP contribution in [0.25, 0.3) is 0 Å². The summed E-state index contributed by atoms with van der Waals surface area (Å²) < 4.78 is 10.8. The molecule has 8 nitrogen and oxygen atoms in total. The zero-order valence-corrected chi connectivity index (χ0v) is 16.3. The molecule has 1 aliphatic heterocycles. The van der Waals surface area contributed by atoms with Gasteiger partial charge in [0.2, 0.25) is 0 Å². The molecular weight excluding hydrogens is 376 g/mol. The van der Waals surface area contributed by atoms with Gasteiger partial charge in [0.1, 0.15) is 5.75 Å². The maximum absolute atomic E-state index is 12.9. The molecule has 0 N–H and O–H groups in total. The second-order valence-electron chi connectivity index (χ2n) is 6.68. The zero-order valence-electron chi connectivity index (χ0n) is 16.3. The Morgan fingerprint density at radius 3 is 2.55 bits per heavy atom. The first-order valence-electron chi connectivity index (χ1n) is 9.47. The van der Waals surface area contributed by atoms with Gasteiger partial charge < -0.3 is 14.4 Å². The highest BCUT2D eigenvalue weighted by atomic mass is 16.6. The Hall–Kier alpha value is -3.42. The number of nitro groups is 1. The number of rotatable bonds is 7. The summed E-state index contributed by atoms with van der Waals surface area (Å²) >= 11 is 0. The van der Waals surface area contributed by atoms with Crippen molar-refractivity contribution in [3.63, 3.8) is 0 Å². The van der Waals surface area contributed by atoms with Gasteiger partial charge in [-0.3, -0.25) is 14.9 Å². The van der Waals surface area contributed by atoms with Gasteiger partial charge >= 0.3 is 5.97 Å². The van der Waals surface area contributed by atoms with Crippen LogP contribution < -0.4 is 9.64 Å². The second-order valence-corrected chi connectivity index (χ2v) is 6.68. The van der Waals surface area contributed by atoms with Crippen molar-refractivity contribution in [2.24, 2.45) is 0 Å². The Labute approximate surface area is 168 Å². The molecule has 1 unspecified atom stereocenters. The fraction of sp³-hybridized carbons (Fsp3) is 0.333. The van der Waals surface area contributed by atoms with Gasteiger partial charge in [0, 0.05) is 12.1 Å². The molecule has 0 bridgehead atoms. The lowest BCUT2D eigenvalue weighted by Gasteiger charge is -2.34. The first kappa shape index (κ1) is 20.3. The van der Waals surface area contributed by atoms with Crippen LogP contribution in [-0.4, -0.2) is 29.5 Å². The lowest BCUT2D eigenvalue weighted by molar-refractivity contribution is -0.384. The molecule has 1 amide bonds. The van der Waals surface area contributed by atoms with E-state index >= 15 is 0 Å². The van der Waals surface area contributed by atoms with Gasteiger partial charge in [0.05, 0.1) is 29.3 Å². The third-order valence-corrected chi connectivity index (χ3v) is 4.59. The number of carbonyl (C=O) groups is 2. The van der Waals surface area contributed by atoms with E-state index in [4.69, 9.17) is 9.47 Å². The van der Waals surface area contributed by atoms with E-state index in [1.165, 1.54) is 23.1 Å². The monoisotopic (exact) mass is 398 g/mol. The third kappa shape index (κ3) is 4.37. The minimum atomic E-state index is -0.646. The van der Waals surface area contributed by atoms with Crippen molar-refractivity contribution in [2.45, 2.75) is 39.3 Å². The van der Waals surface area contributed by atoms with Gasteiger partial charge in [-0.1, -0.05) is 26.0 Å². The number of hydrogen-bond donors (Lipinski definition) is 0. The molecule has 0 aromatic heterocycles. The van der Waals surface area contributed by atoms with Crippen molar-refractivity contribution in [1.82, 2.24) is 0 Å². The molecule has 2 aromatic carbocycles. The number of carbonyl (C=O) groups excluding carboxylic acids is 2. The maximum atomic E-state index is 12.9. The highest BCUT2D eigenvalue weighted by Crippen LogP contribution is 2.38. The molecule has 1 aliphatic rings. The molecule has 8 heteroatoms. The number of fused-ring (bicyclic) bond motifs is 1. The zero-order chi connectivity index (χ0) is 21.0. The van der Waals surface area contributed by atoms with Gasteiger partial charge in [0.25, 0.3) is 11.6 Å². The molecule has 3 rings (SSSR count). The minimum absolute atomic E-state index is 0.117. The lowest BCUT2D eigenvalue weighted by Crippen LogP contribution is -2.45. The van der Waals surface area contributed by atoms with Crippen molar-refractivity contribution in [3.05, 3.63) is 63.7 Å². The number of esters is 1. The van der Waals surface area contributed by atoms with Crippen LogP contribution in [0, 0.1) is 10.1 Å². The highest BCUT2D eigenvalue weighted by Gasteiger charge is 2.34. The highest BCUT2D eigenvalue weighted by molar-refractivity contribution is 6.00. The Kier molecular flexibility index (Phi) is 6.11. The number of hydrogen-bond acceptors (Lipinski definition) is 6. The number of nitrogens with zero attached hydrogens (tertiary/aromatic N) is 2. The van der Waals surface area contributed by atoms with Crippen molar-refractivity contribution in [3.8, 4) is 5.75 Å². The normalized spacial score (nSPS) is 15.4.